The summed E-state index contributed by atoms with van der Waals surface area (Å²) in [6, 6.07) is 1.36. The fourth-order valence-corrected chi connectivity index (χ4v) is 2.00. The zero-order valence-corrected chi connectivity index (χ0v) is 9.58. The fourth-order valence-electron chi connectivity index (χ4n) is 1.60. The molecule has 0 aromatic heterocycles. The molecule has 0 saturated heterocycles. The summed E-state index contributed by atoms with van der Waals surface area (Å²) in [5, 5.41) is 18.8. The lowest BCUT2D eigenvalue weighted by Gasteiger charge is -2.12. The highest BCUT2D eigenvalue weighted by Gasteiger charge is 2.47. The van der Waals surface area contributed by atoms with Gasteiger partial charge in [-0.05, 0) is 34.8 Å². The van der Waals surface area contributed by atoms with Gasteiger partial charge in [-0.1, -0.05) is 0 Å². The first kappa shape index (κ1) is 11.1. The SMILES string of the molecule is O=C=NC1(c2cc(Br)c(O)c(F)c2O)CC1. The molecule has 2 rings (SSSR count). The third kappa shape index (κ3) is 1.50. The van der Waals surface area contributed by atoms with Gasteiger partial charge in [0.05, 0.1) is 4.47 Å². The Balaban J connectivity index is 2.63. The molecule has 0 unspecified atom stereocenters. The highest BCUT2D eigenvalue weighted by Crippen LogP contribution is 2.54. The number of nitrogens with zero attached hydrogens (tertiary/aromatic N) is 1. The number of hydrogen-bond acceptors (Lipinski definition) is 4. The first-order valence-electron chi connectivity index (χ1n) is 4.51. The fraction of sp³-hybridized carbons (Fsp3) is 0.300. The Kier molecular flexibility index (Phi) is 2.48. The maximum Gasteiger partial charge on any atom is 0.235 e. The monoisotopic (exact) mass is 287 g/mol. The molecule has 2 N–H and O–H groups in total. The van der Waals surface area contributed by atoms with Crippen LogP contribution in [0.15, 0.2) is 15.5 Å². The van der Waals surface area contributed by atoms with E-state index < -0.39 is 22.9 Å². The molecule has 0 heterocycles. The van der Waals surface area contributed by atoms with Crippen molar-refractivity contribution in [2.24, 2.45) is 4.99 Å². The lowest BCUT2D eigenvalue weighted by molar-refractivity contribution is 0.379. The minimum Gasteiger partial charge on any atom is -0.504 e. The maximum atomic E-state index is 13.4. The van der Waals surface area contributed by atoms with E-state index in [9.17, 15) is 19.4 Å². The Labute approximate surface area is 98.6 Å². The second-order valence-electron chi connectivity index (χ2n) is 3.65. The van der Waals surface area contributed by atoms with Gasteiger partial charge in [0, 0.05) is 5.56 Å². The molecular weight excluding hydrogens is 281 g/mol. The summed E-state index contributed by atoms with van der Waals surface area (Å²) in [4.78, 5) is 13.8. The molecule has 0 aliphatic heterocycles. The zero-order chi connectivity index (χ0) is 11.9. The third-order valence-electron chi connectivity index (χ3n) is 2.65. The first-order chi connectivity index (χ1) is 7.52. The molecule has 0 radical (unpaired) electrons. The van der Waals surface area contributed by atoms with Gasteiger partial charge < -0.3 is 10.2 Å². The third-order valence-corrected chi connectivity index (χ3v) is 3.26. The molecule has 0 bridgehead atoms. The Bertz CT molecular complexity index is 507. The smallest absolute Gasteiger partial charge is 0.235 e. The van der Waals surface area contributed by atoms with Crippen molar-refractivity contribution in [1.82, 2.24) is 0 Å². The Morgan fingerprint density at radius 1 is 1.44 bits per heavy atom. The highest BCUT2D eigenvalue weighted by molar-refractivity contribution is 9.10. The molecule has 84 valence electrons. The molecule has 0 amide bonds. The number of aromatic hydroxyl groups is 2. The summed E-state index contributed by atoms with van der Waals surface area (Å²) >= 11 is 2.96. The molecular formula is C10H7BrFNO3. The van der Waals surface area contributed by atoms with Crippen LogP contribution in [-0.2, 0) is 10.3 Å². The van der Waals surface area contributed by atoms with E-state index in [-0.39, 0.29) is 10.0 Å². The van der Waals surface area contributed by atoms with Crippen LogP contribution >= 0.6 is 15.9 Å². The Morgan fingerprint density at radius 3 is 2.56 bits per heavy atom. The number of benzene rings is 1. The van der Waals surface area contributed by atoms with E-state index in [0.29, 0.717) is 12.8 Å². The average molecular weight is 288 g/mol. The van der Waals surface area contributed by atoms with Crippen molar-refractivity contribution in [3.63, 3.8) is 0 Å². The largest absolute Gasteiger partial charge is 0.504 e. The van der Waals surface area contributed by atoms with Crippen LogP contribution in [0.25, 0.3) is 0 Å². The summed E-state index contributed by atoms with van der Waals surface area (Å²) < 4.78 is 13.5. The van der Waals surface area contributed by atoms with Gasteiger partial charge in [0.1, 0.15) is 5.54 Å². The normalized spacial score (nSPS) is 16.6. The van der Waals surface area contributed by atoms with Gasteiger partial charge in [-0.15, -0.1) is 0 Å². The van der Waals surface area contributed by atoms with Crippen LogP contribution in [0, 0.1) is 5.82 Å². The minimum absolute atomic E-state index is 0.116. The van der Waals surface area contributed by atoms with Gasteiger partial charge >= 0.3 is 0 Å². The summed E-state index contributed by atoms with van der Waals surface area (Å²) in [5.41, 5.74) is -0.680. The van der Waals surface area contributed by atoms with E-state index >= 15 is 0 Å². The van der Waals surface area contributed by atoms with E-state index in [4.69, 9.17) is 0 Å². The van der Waals surface area contributed by atoms with Crippen LogP contribution in [0.2, 0.25) is 0 Å². The van der Waals surface area contributed by atoms with Crippen LogP contribution < -0.4 is 0 Å². The standard InChI is InChI=1S/C10H7BrFNO3/c11-6-3-5(8(15)7(12)9(6)16)10(1-2-10)13-4-14/h3,15-16H,1-2H2. The first-order valence-corrected chi connectivity index (χ1v) is 5.30. The van der Waals surface area contributed by atoms with Crippen molar-refractivity contribution >= 4 is 22.0 Å². The van der Waals surface area contributed by atoms with E-state index in [1.54, 1.807) is 0 Å². The van der Waals surface area contributed by atoms with E-state index in [1.165, 1.54) is 12.1 Å². The molecule has 1 aliphatic carbocycles. The van der Waals surface area contributed by atoms with E-state index in [1.807, 2.05) is 0 Å². The summed E-state index contributed by atoms with van der Waals surface area (Å²) in [7, 11) is 0. The molecule has 1 fully saturated rings. The number of phenolic OH excluding ortho intramolecular Hbond substituents is 2. The summed E-state index contributed by atoms with van der Waals surface area (Å²) in [5.74, 6) is -2.44. The number of halogens is 2. The van der Waals surface area contributed by atoms with Crippen LogP contribution in [0.1, 0.15) is 18.4 Å². The van der Waals surface area contributed by atoms with Gasteiger partial charge in [0.15, 0.2) is 11.5 Å². The van der Waals surface area contributed by atoms with Crippen molar-refractivity contribution < 1.29 is 19.4 Å². The molecule has 0 atom stereocenters. The number of carbonyl (C=O) groups excluding carboxylic acids is 1. The molecule has 1 aliphatic rings. The quantitative estimate of drug-likeness (QED) is 0.648. The Hall–Kier alpha value is -1.39. The zero-order valence-electron chi connectivity index (χ0n) is 8.00. The lowest BCUT2D eigenvalue weighted by Crippen LogP contribution is -2.04. The Morgan fingerprint density at radius 2 is 2.06 bits per heavy atom. The number of phenols is 2. The van der Waals surface area contributed by atoms with Crippen molar-refractivity contribution in [2.75, 3.05) is 0 Å². The van der Waals surface area contributed by atoms with Gasteiger partial charge in [0.25, 0.3) is 0 Å². The number of rotatable bonds is 2. The summed E-state index contributed by atoms with van der Waals surface area (Å²) in [6.07, 6.45) is 2.51. The topological polar surface area (TPSA) is 69.9 Å². The van der Waals surface area contributed by atoms with Crippen LogP contribution in [0.3, 0.4) is 0 Å². The molecule has 1 aromatic rings. The van der Waals surface area contributed by atoms with Crippen LogP contribution in [0.5, 0.6) is 11.5 Å². The number of hydrogen-bond donors (Lipinski definition) is 2. The average Bonchev–Trinajstić information content (AvgIpc) is 3.02. The van der Waals surface area contributed by atoms with E-state index in [2.05, 4.69) is 20.9 Å². The maximum absolute atomic E-state index is 13.4. The molecule has 6 heteroatoms. The number of aliphatic imine (C=N–C) groups is 1. The minimum atomic E-state index is -1.11. The molecule has 16 heavy (non-hydrogen) atoms. The van der Waals surface area contributed by atoms with Crippen molar-refractivity contribution in [3.05, 3.63) is 21.9 Å². The molecule has 1 saturated carbocycles. The molecule has 0 spiro atoms. The van der Waals surface area contributed by atoms with Gasteiger partial charge in [-0.2, -0.15) is 9.38 Å². The molecule has 1 aromatic carbocycles. The highest BCUT2D eigenvalue weighted by atomic mass is 79.9. The predicted molar refractivity (Wildman–Crippen MR) is 56.5 cm³/mol. The van der Waals surface area contributed by atoms with Crippen molar-refractivity contribution in [1.29, 1.82) is 0 Å². The predicted octanol–water partition coefficient (Wildman–Crippen LogP) is 2.32. The van der Waals surface area contributed by atoms with E-state index in [0.717, 1.165) is 0 Å². The van der Waals surface area contributed by atoms with Crippen molar-refractivity contribution in [2.45, 2.75) is 18.4 Å². The summed E-state index contributed by atoms with van der Waals surface area (Å²) in [6.45, 7) is 0. The number of isocyanates is 1. The van der Waals surface area contributed by atoms with Gasteiger partial charge in [0.2, 0.25) is 11.9 Å². The van der Waals surface area contributed by atoms with Crippen LogP contribution in [-0.4, -0.2) is 16.3 Å². The van der Waals surface area contributed by atoms with Crippen molar-refractivity contribution in [3.8, 4) is 11.5 Å². The molecule has 4 nitrogen and oxygen atoms in total. The van der Waals surface area contributed by atoms with Gasteiger partial charge in [-0.25, -0.2) is 4.79 Å². The second kappa shape index (κ2) is 3.57. The lowest BCUT2D eigenvalue weighted by atomic mass is 10.0. The van der Waals surface area contributed by atoms with Crippen LogP contribution in [0.4, 0.5) is 4.39 Å². The second-order valence-corrected chi connectivity index (χ2v) is 4.51. The van der Waals surface area contributed by atoms with Gasteiger partial charge in [-0.3, -0.25) is 0 Å².